The molecule has 0 radical (unpaired) electrons. The van der Waals surface area contributed by atoms with Gasteiger partial charge >= 0.3 is 0 Å². The van der Waals surface area contributed by atoms with E-state index in [1.165, 1.54) is 27.7 Å². The number of rotatable bonds is 2. The first-order valence-electron chi connectivity index (χ1n) is 7.37. The van der Waals surface area contributed by atoms with Crippen molar-refractivity contribution in [2.45, 2.75) is 32.6 Å². The Morgan fingerprint density at radius 3 is 2.57 bits per heavy atom. The SMILES string of the molecule is CCC=CC1(C)C(C)=[N+](C)c2ccc3ccccc3c21.[Br-]. The van der Waals surface area contributed by atoms with Gasteiger partial charge in [0.1, 0.15) is 7.05 Å². The minimum absolute atomic E-state index is 0. The number of allylic oxidation sites excluding steroid dienone is 2. The number of nitrogens with zero attached hydrogens (tertiary/aromatic N) is 1. The zero-order valence-electron chi connectivity index (χ0n) is 13.2. The average Bonchev–Trinajstić information content (AvgIpc) is 2.68. The molecule has 0 aliphatic carbocycles. The molecule has 0 N–H and O–H groups in total. The fourth-order valence-corrected chi connectivity index (χ4v) is 3.35. The van der Waals surface area contributed by atoms with Crippen LogP contribution in [0, 0.1) is 0 Å². The maximum absolute atomic E-state index is 2.37. The summed E-state index contributed by atoms with van der Waals surface area (Å²) in [6, 6.07) is 13.2. The Morgan fingerprint density at radius 1 is 1.14 bits per heavy atom. The van der Waals surface area contributed by atoms with E-state index in [1.54, 1.807) is 0 Å². The second-order valence-electron chi connectivity index (χ2n) is 5.84. The first kappa shape index (κ1) is 16.0. The Labute approximate surface area is 137 Å². The van der Waals surface area contributed by atoms with Crippen molar-refractivity contribution in [1.29, 1.82) is 0 Å². The molecule has 0 aromatic heterocycles. The van der Waals surface area contributed by atoms with Gasteiger partial charge in [-0.3, -0.25) is 0 Å². The summed E-state index contributed by atoms with van der Waals surface area (Å²) in [5.41, 5.74) is 4.18. The fraction of sp³-hybridized carbons (Fsp3) is 0.316. The monoisotopic (exact) mass is 343 g/mol. The van der Waals surface area contributed by atoms with Gasteiger partial charge in [-0.05, 0) is 30.2 Å². The number of halogens is 1. The van der Waals surface area contributed by atoms with Crippen LogP contribution in [0.4, 0.5) is 5.69 Å². The summed E-state index contributed by atoms with van der Waals surface area (Å²) in [6.45, 7) is 6.77. The lowest BCUT2D eigenvalue weighted by Crippen LogP contribution is -3.00. The third kappa shape index (κ3) is 2.26. The third-order valence-electron chi connectivity index (χ3n) is 4.73. The van der Waals surface area contributed by atoms with Crippen LogP contribution in [0.15, 0.2) is 48.6 Å². The molecule has 2 aromatic rings. The van der Waals surface area contributed by atoms with Crippen LogP contribution in [0.2, 0.25) is 0 Å². The second kappa shape index (κ2) is 5.76. The van der Waals surface area contributed by atoms with Crippen molar-refractivity contribution in [3.63, 3.8) is 0 Å². The van der Waals surface area contributed by atoms with E-state index in [0.717, 1.165) is 6.42 Å². The van der Waals surface area contributed by atoms with Gasteiger partial charge in [0, 0.05) is 13.0 Å². The molecular weight excluding hydrogens is 322 g/mol. The van der Waals surface area contributed by atoms with Crippen LogP contribution in [-0.2, 0) is 5.41 Å². The van der Waals surface area contributed by atoms with E-state index < -0.39 is 0 Å². The van der Waals surface area contributed by atoms with Crippen LogP contribution < -0.4 is 17.0 Å². The first-order valence-corrected chi connectivity index (χ1v) is 7.37. The number of fused-ring (bicyclic) bond motifs is 3. The van der Waals surface area contributed by atoms with Crippen molar-refractivity contribution in [1.82, 2.24) is 0 Å². The second-order valence-corrected chi connectivity index (χ2v) is 5.84. The molecule has 3 rings (SSSR count). The Bertz CT molecular complexity index is 742. The number of hydrogen-bond donors (Lipinski definition) is 0. The average molecular weight is 344 g/mol. The van der Waals surface area contributed by atoms with Gasteiger partial charge in [0.2, 0.25) is 5.69 Å². The molecule has 21 heavy (non-hydrogen) atoms. The standard InChI is InChI=1S/C19H22N.BrH/c1-5-6-13-19(3)14(2)20(4)17-12-11-15-9-7-8-10-16(15)18(17)19;/h6-13H,5H2,1-4H3;1H/q+1;/p-1. The summed E-state index contributed by atoms with van der Waals surface area (Å²) < 4.78 is 2.34. The van der Waals surface area contributed by atoms with Crippen LogP contribution in [0.5, 0.6) is 0 Å². The van der Waals surface area contributed by atoms with Crippen LogP contribution in [-0.4, -0.2) is 17.3 Å². The highest BCUT2D eigenvalue weighted by Gasteiger charge is 2.44. The van der Waals surface area contributed by atoms with Gasteiger partial charge < -0.3 is 17.0 Å². The van der Waals surface area contributed by atoms with E-state index in [-0.39, 0.29) is 22.4 Å². The number of hydrogen-bond acceptors (Lipinski definition) is 0. The van der Waals surface area contributed by atoms with E-state index in [1.807, 2.05) is 0 Å². The third-order valence-corrected chi connectivity index (χ3v) is 4.73. The molecule has 0 saturated carbocycles. The predicted molar refractivity (Wildman–Crippen MR) is 87.3 cm³/mol. The highest BCUT2D eigenvalue weighted by atomic mass is 79.9. The number of benzene rings is 2. The van der Waals surface area contributed by atoms with Crippen LogP contribution in [0.25, 0.3) is 10.8 Å². The smallest absolute Gasteiger partial charge is 0.210 e. The molecule has 1 aliphatic heterocycles. The minimum Gasteiger partial charge on any atom is -1.00 e. The molecule has 1 nitrogen and oxygen atoms in total. The molecule has 110 valence electrons. The van der Waals surface area contributed by atoms with E-state index in [4.69, 9.17) is 0 Å². The van der Waals surface area contributed by atoms with Crippen molar-refractivity contribution in [2.24, 2.45) is 0 Å². The zero-order valence-corrected chi connectivity index (χ0v) is 14.7. The molecular formula is C19H22BrN. The lowest BCUT2D eigenvalue weighted by molar-refractivity contribution is -0.402. The molecule has 2 aromatic carbocycles. The Kier molecular flexibility index (Phi) is 4.38. The summed E-state index contributed by atoms with van der Waals surface area (Å²) in [5, 5.41) is 2.70. The van der Waals surface area contributed by atoms with Crippen LogP contribution >= 0.6 is 0 Å². The molecule has 2 heteroatoms. The summed E-state index contributed by atoms with van der Waals surface area (Å²) in [6.07, 6.45) is 5.73. The lowest BCUT2D eigenvalue weighted by Gasteiger charge is -2.19. The largest absolute Gasteiger partial charge is 1.00 e. The first-order chi connectivity index (χ1) is 9.59. The minimum atomic E-state index is 0. The maximum Gasteiger partial charge on any atom is 0.210 e. The van der Waals surface area contributed by atoms with Crippen molar-refractivity contribution in [3.05, 3.63) is 54.1 Å². The van der Waals surface area contributed by atoms with Gasteiger partial charge in [0.05, 0.1) is 11.0 Å². The quantitative estimate of drug-likeness (QED) is 0.578. The van der Waals surface area contributed by atoms with Gasteiger partial charge in [-0.25, -0.2) is 4.58 Å². The van der Waals surface area contributed by atoms with Crippen molar-refractivity contribution in [2.75, 3.05) is 7.05 Å². The van der Waals surface area contributed by atoms with Gasteiger partial charge in [-0.2, -0.15) is 0 Å². The van der Waals surface area contributed by atoms with Gasteiger partial charge in [0.25, 0.3) is 0 Å². The van der Waals surface area contributed by atoms with E-state index in [0.29, 0.717) is 0 Å². The molecule has 0 bridgehead atoms. The van der Waals surface area contributed by atoms with E-state index in [2.05, 4.69) is 80.9 Å². The zero-order chi connectivity index (χ0) is 14.3. The highest BCUT2D eigenvalue weighted by molar-refractivity contribution is 6.03. The van der Waals surface area contributed by atoms with E-state index in [9.17, 15) is 0 Å². The topological polar surface area (TPSA) is 3.01 Å². The summed E-state index contributed by atoms with van der Waals surface area (Å²) in [5.74, 6) is 0. The van der Waals surface area contributed by atoms with Crippen molar-refractivity contribution >= 4 is 22.2 Å². The molecule has 0 amide bonds. The molecule has 1 atom stereocenters. The molecule has 0 spiro atoms. The molecule has 1 aliphatic rings. The van der Waals surface area contributed by atoms with Crippen LogP contribution in [0.1, 0.15) is 32.8 Å². The molecule has 1 heterocycles. The van der Waals surface area contributed by atoms with Crippen LogP contribution in [0.3, 0.4) is 0 Å². The van der Waals surface area contributed by atoms with Gasteiger partial charge in [-0.15, -0.1) is 0 Å². The van der Waals surface area contributed by atoms with Crippen molar-refractivity contribution in [3.8, 4) is 0 Å². The Hall–Kier alpha value is -1.41. The summed E-state index contributed by atoms with van der Waals surface area (Å²) in [4.78, 5) is 0. The van der Waals surface area contributed by atoms with E-state index >= 15 is 0 Å². The van der Waals surface area contributed by atoms with Gasteiger partial charge in [0.15, 0.2) is 5.71 Å². The van der Waals surface area contributed by atoms with Gasteiger partial charge in [-0.1, -0.05) is 43.3 Å². The van der Waals surface area contributed by atoms with Crippen molar-refractivity contribution < 1.29 is 21.6 Å². The highest BCUT2D eigenvalue weighted by Crippen LogP contribution is 2.44. The summed E-state index contributed by atoms with van der Waals surface area (Å²) in [7, 11) is 2.17. The molecule has 0 fully saturated rings. The fourth-order valence-electron chi connectivity index (χ4n) is 3.35. The molecule has 0 saturated heterocycles. The Balaban J connectivity index is 0.00000161. The predicted octanol–water partition coefficient (Wildman–Crippen LogP) is 1.82. The summed E-state index contributed by atoms with van der Waals surface area (Å²) >= 11 is 0. The molecule has 1 unspecified atom stereocenters. The lowest BCUT2D eigenvalue weighted by atomic mass is 9.77. The maximum atomic E-state index is 2.37. The normalized spacial score (nSPS) is 21.0. The Morgan fingerprint density at radius 2 is 1.86 bits per heavy atom.